The average molecular weight is 323 g/mol. The summed E-state index contributed by atoms with van der Waals surface area (Å²) in [5, 5.41) is 26.5. The Hall–Kier alpha value is -2.55. The number of carbonyl (C=O) groups is 2. The van der Waals surface area contributed by atoms with Crippen LogP contribution in [0.1, 0.15) is 15.9 Å². The number of rotatable bonds is 5. The summed E-state index contributed by atoms with van der Waals surface area (Å²) in [6.45, 7) is 1.75. The molecule has 1 aromatic carbocycles. The molecular formula is C13H13N3O5S. The molecule has 2 rings (SSSR count). The predicted molar refractivity (Wildman–Crippen MR) is 74.6 cm³/mol. The lowest BCUT2D eigenvalue weighted by molar-refractivity contribution is -0.772. The van der Waals surface area contributed by atoms with Crippen molar-refractivity contribution >= 4 is 29.3 Å². The molecule has 0 saturated carbocycles. The molecule has 0 fully saturated rings. The van der Waals surface area contributed by atoms with E-state index in [0.29, 0.717) is 5.69 Å². The maximum Gasteiger partial charge on any atom is 0.335 e. The van der Waals surface area contributed by atoms with E-state index in [-0.39, 0.29) is 22.2 Å². The molecule has 1 amide bonds. The number of carbonyl (C=O) groups excluding carboxylic acids is 1. The fourth-order valence-electron chi connectivity index (χ4n) is 1.67. The Morgan fingerprint density at radius 1 is 1.50 bits per heavy atom. The molecule has 0 atom stereocenters. The summed E-state index contributed by atoms with van der Waals surface area (Å²) < 4.78 is 5.69. The normalized spacial score (nSPS) is 10.5. The van der Waals surface area contributed by atoms with Gasteiger partial charge in [-0.25, -0.2) is 4.79 Å². The molecule has 0 spiro atoms. The molecule has 0 saturated heterocycles. The zero-order chi connectivity index (χ0) is 16.3. The molecule has 2 aromatic rings. The van der Waals surface area contributed by atoms with Crippen LogP contribution in [0.15, 0.2) is 27.7 Å². The van der Waals surface area contributed by atoms with E-state index in [1.165, 1.54) is 23.9 Å². The molecule has 1 heterocycles. The van der Waals surface area contributed by atoms with Crippen molar-refractivity contribution in [2.45, 2.75) is 11.9 Å². The van der Waals surface area contributed by atoms with Gasteiger partial charge in [0.05, 0.1) is 16.6 Å². The lowest BCUT2D eigenvalue weighted by Gasteiger charge is -2.08. The third-order valence-corrected chi connectivity index (χ3v) is 3.92. The SMILES string of the molecule is Cc1ccc(C(=O)O)cc1NC(=O)CSc1c([O-])on[n+]1C. The summed E-state index contributed by atoms with van der Waals surface area (Å²) in [4.78, 5) is 22.9. The topological polar surface area (TPSA) is 119 Å². The second-order valence-corrected chi connectivity index (χ2v) is 5.42. The Morgan fingerprint density at radius 3 is 2.82 bits per heavy atom. The minimum absolute atomic E-state index is 0.0268. The highest BCUT2D eigenvalue weighted by molar-refractivity contribution is 7.99. The molecule has 0 aliphatic heterocycles. The minimum atomic E-state index is -1.07. The van der Waals surface area contributed by atoms with Gasteiger partial charge in [-0.2, -0.15) is 0 Å². The van der Waals surface area contributed by atoms with Crippen LogP contribution < -0.4 is 15.1 Å². The van der Waals surface area contributed by atoms with Gasteiger partial charge in [-0.05, 0) is 36.4 Å². The van der Waals surface area contributed by atoms with E-state index in [2.05, 4.69) is 15.1 Å². The van der Waals surface area contributed by atoms with Gasteiger partial charge in [0, 0.05) is 5.69 Å². The second-order valence-electron chi connectivity index (χ2n) is 4.46. The van der Waals surface area contributed by atoms with Gasteiger partial charge in [-0.3, -0.25) is 4.79 Å². The van der Waals surface area contributed by atoms with Gasteiger partial charge in [0.1, 0.15) is 0 Å². The van der Waals surface area contributed by atoms with Crippen molar-refractivity contribution in [2.75, 3.05) is 11.1 Å². The smallest absolute Gasteiger partial charge is 0.335 e. The lowest BCUT2D eigenvalue weighted by Crippen LogP contribution is -2.32. The van der Waals surface area contributed by atoms with Crippen LogP contribution in [0, 0.1) is 6.92 Å². The van der Waals surface area contributed by atoms with Crippen molar-refractivity contribution in [3.05, 3.63) is 29.3 Å². The van der Waals surface area contributed by atoms with Crippen molar-refractivity contribution in [1.82, 2.24) is 5.27 Å². The van der Waals surface area contributed by atoms with E-state index in [4.69, 9.17) is 5.11 Å². The van der Waals surface area contributed by atoms with Crippen molar-refractivity contribution in [1.29, 1.82) is 0 Å². The maximum absolute atomic E-state index is 11.9. The number of hydrogen-bond donors (Lipinski definition) is 2. The maximum atomic E-state index is 11.9. The molecule has 116 valence electrons. The van der Waals surface area contributed by atoms with Crippen LogP contribution in [0.2, 0.25) is 0 Å². The number of aromatic carboxylic acids is 1. The first kappa shape index (κ1) is 15.8. The van der Waals surface area contributed by atoms with Gasteiger partial charge in [-0.15, -0.1) is 0 Å². The third-order valence-electron chi connectivity index (χ3n) is 2.81. The fraction of sp³-hybridized carbons (Fsp3) is 0.231. The van der Waals surface area contributed by atoms with E-state index >= 15 is 0 Å². The Morgan fingerprint density at radius 2 is 2.23 bits per heavy atom. The van der Waals surface area contributed by atoms with Crippen LogP contribution in [0.25, 0.3) is 0 Å². The first-order chi connectivity index (χ1) is 10.4. The zero-order valence-electron chi connectivity index (χ0n) is 11.8. The van der Waals surface area contributed by atoms with Crippen LogP contribution in [0.5, 0.6) is 5.95 Å². The van der Waals surface area contributed by atoms with Crippen LogP contribution >= 0.6 is 11.8 Å². The summed E-state index contributed by atoms with van der Waals surface area (Å²) in [5.41, 5.74) is 1.24. The number of amides is 1. The number of aryl methyl sites for hydroxylation is 2. The summed E-state index contributed by atoms with van der Waals surface area (Å²) in [5.74, 6) is -2.07. The Kier molecular flexibility index (Phi) is 4.66. The lowest BCUT2D eigenvalue weighted by atomic mass is 10.1. The number of hydrogen-bond acceptors (Lipinski definition) is 6. The third kappa shape index (κ3) is 3.55. The molecule has 0 aliphatic carbocycles. The number of aromatic nitrogens is 2. The van der Waals surface area contributed by atoms with Crippen molar-refractivity contribution in [3.8, 4) is 5.95 Å². The molecule has 22 heavy (non-hydrogen) atoms. The second kappa shape index (κ2) is 6.48. The molecule has 0 bridgehead atoms. The number of anilines is 1. The summed E-state index contributed by atoms with van der Waals surface area (Å²) in [6, 6.07) is 4.46. The van der Waals surface area contributed by atoms with E-state index in [0.717, 1.165) is 17.3 Å². The monoisotopic (exact) mass is 323 g/mol. The number of carboxylic acid groups (broad SMARTS) is 1. The largest absolute Gasteiger partial charge is 0.538 e. The summed E-state index contributed by atoms with van der Waals surface area (Å²) in [7, 11) is 1.53. The standard InChI is InChI=1S/C13H13N3O5S/c1-7-3-4-8(12(18)19)5-9(7)14-10(17)6-22-11-13(20)21-15-16(11)2/h3-5H,6H2,1-2H3,(H2-,14,15,17,18,19,20). The molecular weight excluding hydrogens is 310 g/mol. The number of benzene rings is 1. The van der Waals surface area contributed by atoms with E-state index in [9.17, 15) is 14.7 Å². The van der Waals surface area contributed by atoms with Crippen LogP contribution in [0.3, 0.4) is 0 Å². The molecule has 8 nitrogen and oxygen atoms in total. The minimum Gasteiger partial charge on any atom is -0.538 e. The molecule has 1 aromatic heterocycles. The van der Waals surface area contributed by atoms with Gasteiger partial charge >= 0.3 is 5.97 Å². The van der Waals surface area contributed by atoms with Gasteiger partial charge < -0.3 is 20.1 Å². The summed E-state index contributed by atoms with van der Waals surface area (Å²) in [6.07, 6.45) is 0. The van der Waals surface area contributed by atoms with Crippen LogP contribution in [-0.4, -0.2) is 28.0 Å². The first-order valence-corrected chi connectivity index (χ1v) is 7.16. The van der Waals surface area contributed by atoms with Crippen molar-refractivity contribution in [2.24, 2.45) is 7.05 Å². The fourth-order valence-corrected chi connectivity index (χ4v) is 2.38. The number of nitrogens with one attached hydrogen (secondary N) is 1. The van der Waals surface area contributed by atoms with Gasteiger partial charge in [0.15, 0.2) is 13.0 Å². The van der Waals surface area contributed by atoms with Crippen LogP contribution in [-0.2, 0) is 11.8 Å². The highest BCUT2D eigenvalue weighted by atomic mass is 32.2. The Labute approximate surface area is 129 Å². The van der Waals surface area contributed by atoms with E-state index in [1.54, 1.807) is 13.0 Å². The number of thioether (sulfide) groups is 1. The van der Waals surface area contributed by atoms with Gasteiger partial charge in [0.2, 0.25) is 5.91 Å². The first-order valence-electron chi connectivity index (χ1n) is 6.18. The molecule has 0 radical (unpaired) electrons. The Balaban J connectivity index is 2.03. The predicted octanol–water partition coefficient (Wildman–Crippen LogP) is 0.310. The van der Waals surface area contributed by atoms with Crippen LogP contribution in [0.4, 0.5) is 5.69 Å². The molecule has 0 unspecified atom stereocenters. The number of nitrogens with zero attached hydrogens (tertiary/aromatic N) is 2. The van der Waals surface area contributed by atoms with Gasteiger partial charge in [-0.1, -0.05) is 10.7 Å². The van der Waals surface area contributed by atoms with Crippen molar-refractivity contribution in [3.63, 3.8) is 0 Å². The molecule has 2 N–H and O–H groups in total. The molecule has 9 heteroatoms. The average Bonchev–Trinajstić information content (AvgIpc) is 2.78. The van der Waals surface area contributed by atoms with E-state index < -0.39 is 11.9 Å². The molecule has 0 aliphatic rings. The number of carboxylic acids is 1. The highest BCUT2D eigenvalue weighted by Crippen LogP contribution is 2.22. The van der Waals surface area contributed by atoms with E-state index in [1.807, 2.05) is 0 Å². The van der Waals surface area contributed by atoms with Gasteiger partial charge in [0.25, 0.3) is 5.03 Å². The highest BCUT2D eigenvalue weighted by Gasteiger charge is 2.16. The summed E-state index contributed by atoms with van der Waals surface area (Å²) >= 11 is 0.990. The Bertz CT molecular complexity index is 709. The zero-order valence-corrected chi connectivity index (χ0v) is 12.6. The van der Waals surface area contributed by atoms with Crippen molar-refractivity contribution < 1.29 is 29.0 Å². The quantitative estimate of drug-likeness (QED) is 0.600.